The first-order valence-corrected chi connectivity index (χ1v) is 11.7. The summed E-state index contributed by atoms with van der Waals surface area (Å²) in [7, 11) is 0. The molecule has 0 aromatic heterocycles. The monoisotopic (exact) mass is 486 g/mol. The minimum absolute atomic E-state index is 0.0271. The second kappa shape index (κ2) is 10.8. The van der Waals surface area contributed by atoms with Gasteiger partial charge in [-0.2, -0.15) is 0 Å². The van der Waals surface area contributed by atoms with Crippen LogP contribution in [0, 0.1) is 5.92 Å². The Morgan fingerprint density at radius 1 is 1.00 bits per heavy atom. The SMILES string of the molecule is O=C(CC(NC(=O)OCC1c2ccccc2-c2ccccc21)C(F)F)NC1CCCC(C(=O)O)C1. The summed E-state index contributed by atoms with van der Waals surface area (Å²) >= 11 is 0. The molecule has 0 aliphatic heterocycles. The average Bonchev–Trinajstić information content (AvgIpc) is 3.16. The molecule has 9 heteroatoms. The van der Waals surface area contributed by atoms with Crippen LogP contribution in [0.15, 0.2) is 48.5 Å². The van der Waals surface area contributed by atoms with Crippen molar-refractivity contribution in [2.75, 3.05) is 6.61 Å². The van der Waals surface area contributed by atoms with E-state index >= 15 is 0 Å². The van der Waals surface area contributed by atoms with Gasteiger partial charge in [0.25, 0.3) is 6.43 Å². The Hall–Kier alpha value is -3.49. The van der Waals surface area contributed by atoms with Gasteiger partial charge >= 0.3 is 12.1 Å². The maximum absolute atomic E-state index is 13.6. The van der Waals surface area contributed by atoms with Gasteiger partial charge in [-0.1, -0.05) is 55.0 Å². The molecule has 0 spiro atoms. The third-order valence-corrected chi connectivity index (χ3v) is 6.74. The number of carboxylic acid groups (broad SMARTS) is 1. The zero-order chi connectivity index (χ0) is 24.9. The summed E-state index contributed by atoms with van der Waals surface area (Å²) in [4.78, 5) is 35.9. The fraction of sp³-hybridized carbons (Fsp3) is 0.423. The molecule has 4 rings (SSSR count). The van der Waals surface area contributed by atoms with Crippen LogP contribution >= 0.6 is 0 Å². The Labute approximate surface area is 201 Å². The van der Waals surface area contributed by atoms with E-state index in [1.807, 2.05) is 48.5 Å². The molecule has 2 aromatic rings. The van der Waals surface area contributed by atoms with Crippen LogP contribution in [-0.4, -0.2) is 48.2 Å². The molecule has 2 aromatic carbocycles. The highest BCUT2D eigenvalue weighted by Crippen LogP contribution is 2.44. The summed E-state index contributed by atoms with van der Waals surface area (Å²) < 4.78 is 32.5. The van der Waals surface area contributed by atoms with E-state index in [1.165, 1.54) is 0 Å². The molecular weight excluding hydrogens is 458 g/mol. The standard InChI is InChI=1S/C26H28F2N2O5/c27-24(28)22(13-23(31)29-16-7-5-6-15(12-16)25(32)33)30-26(34)35-14-21-19-10-3-1-8-17(19)18-9-2-4-11-20(18)21/h1-4,8-11,15-16,21-22,24H,5-7,12-14H2,(H,29,31)(H,30,34)(H,32,33). The average molecular weight is 487 g/mol. The number of aliphatic carboxylic acids is 1. The van der Waals surface area contributed by atoms with Crippen molar-refractivity contribution in [3.63, 3.8) is 0 Å². The number of carbonyl (C=O) groups excluding carboxylic acids is 2. The molecule has 1 fully saturated rings. The smallest absolute Gasteiger partial charge is 0.407 e. The number of hydrogen-bond acceptors (Lipinski definition) is 4. The molecule has 0 radical (unpaired) electrons. The molecule has 2 amide bonds. The van der Waals surface area contributed by atoms with Gasteiger partial charge in [0.1, 0.15) is 12.6 Å². The summed E-state index contributed by atoms with van der Waals surface area (Å²) in [6.45, 7) is -0.0271. The molecule has 3 atom stereocenters. The first-order valence-electron chi connectivity index (χ1n) is 11.7. The van der Waals surface area contributed by atoms with Crippen molar-refractivity contribution in [3.8, 4) is 11.1 Å². The lowest BCUT2D eigenvalue weighted by molar-refractivity contribution is -0.143. The van der Waals surface area contributed by atoms with Gasteiger partial charge in [0.05, 0.1) is 12.3 Å². The predicted molar refractivity (Wildman–Crippen MR) is 124 cm³/mol. The van der Waals surface area contributed by atoms with E-state index in [0.717, 1.165) is 22.3 Å². The maximum atomic E-state index is 13.6. The third-order valence-electron chi connectivity index (χ3n) is 6.74. The van der Waals surface area contributed by atoms with E-state index in [2.05, 4.69) is 10.6 Å². The quantitative estimate of drug-likeness (QED) is 0.516. The first kappa shape index (κ1) is 24.6. The molecule has 0 bridgehead atoms. The summed E-state index contributed by atoms with van der Waals surface area (Å²) in [6.07, 6.45) is -2.60. The van der Waals surface area contributed by atoms with Crippen LogP contribution < -0.4 is 10.6 Å². The number of carboxylic acids is 1. The van der Waals surface area contributed by atoms with Crippen LogP contribution in [0.25, 0.3) is 11.1 Å². The molecule has 1 saturated carbocycles. The lowest BCUT2D eigenvalue weighted by Gasteiger charge is -2.28. The molecule has 2 aliphatic carbocycles. The second-order valence-electron chi connectivity index (χ2n) is 9.08. The predicted octanol–water partition coefficient (Wildman–Crippen LogP) is 4.31. The number of alkyl carbamates (subject to hydrolysis) is 1. The van der Waals surface area contributed by atoms with Crippen LogP contribution in [0.2, 0.25) is 0 Å². The third kappa shape index (κ3) is 5.78. The van der Waals surface area contributed by atoms with Crippen molar-refractivity contribution in [3.05, 3.63) is 59.7 Å². The number of fused-ring (bicyclic) bond motifs is 3. The van der Waals surface area contributed by atoms with Crippen molar-refractivity contribution >= 4 is 18.0 Å². The lowest BCUT2D eigenvalue weighted by atomic mass is 9.85. The van der Waals surface area contributed by atoms with Crippen molar-refractivity contribution in [2.24, 2.45) is 5.92 Å². The number of benzene rings is 2. The minimum atomic E-state index is -2.97. The van der Waals surface area contributed by atoms with E-state index in [4.69, 9.17) is 4.74 Å². The second-order valence-corrected chi connectivity index (χ2v) is 9.08. The number of amides is 2. The molecule has 3 unspecified atom stereocenters. The van der Waals surface area contributed by atoms with E-state index in [9.17, 15) is 28.3 Å². The Kier molecular flexibility index (Phi) is 7.63. The van der Waals surface area contributed by atoms with Gasteiger partial charge in [0.15, 0.2) is 0 Å². The van der Waals surface area contributed by atoms with E-state index in [0.29, 0.717) is 19.3 Å². The number of alkyl halides is 2. The Morgan fingerprint density at radius 2 is 1.63 bits per heavy atom. The van der Waals surface area contributed by atoms with Gasteiger partial charge in [0, 0.05) is 12.0 Å². The van der Waals surface area contributed by atoms with Gasteiger partial charge in [-0.3, -0.25) is 9.59 Å². The number of carbonyl (C=O) groups is 3. The Balaban J connectivity index is 1.32. The maximum Gasteiger partial charge on any atom is 0.407 e. The van der Waals surface area contributed by atoms with E-state index in [-0.39, 0.29) is 25.0 Å². The number of nitrogens with one attached hydrogen (secondary N) is 2. The fourth-order valence-corrected chi connectivity index (χ4v) is 5.03. The van der Waals surface area contributed by atoms with Gasteiger partial charge in [-0.05, 0) is 41.5 Å². The van der Waals surface area contributed by atoms with Gasteiger partial charge in [-0.25, -0.2) is 13.6 Å². The van der Waals surface area contributed by atoms with Gasteiger partial charge in [0.2, 0.25) is 5.91 Å². The zero-order valence-electron chi connectivity index (χ0n) is 19.1. The topological polar surface area (TPSA) is 105 Å². The molecule has 35 heavy (non-hydrogen) atoms. The number of hydrogen-bond donors (Lipinski definition) is 3. The fourth-order valence-electron chi connectivity index (χ4n) is 5.03. The Bertz CT molecular complexity index is 1050. The number of rotatable bonds is 8. The van der Waals surface area contributed by atoms with Crippen LogP contribution in [0.3, 0.4) is 0 Å². The molecule has 2 aliphatic rings. The highest BCUT2D eigenvalue weighted by molar-refractivity contribution is 5.80. The number of ether oxygens (including phenoxy) is 1. The van der Waals surface area contributed by atoms with Crippen molar-refractivity contribution < 1.29 is 33.0 Å². The summed E-state index contributed by atoms with van der Waals surface area (Å²) in [5, 5.41) is 13.9. The molecule has 0 saturated heterocycles. The van der Waals surface area contributed by atoms with E-state index < -0.39 is 42.8 Å². The largest absolute Gasteiger partial charge is 0.481 e. The highest BCUT2D eigenvalue weighted by atomic mass is 19.3. The Morgan fingerprint density at radius 3 is 2.23 bits per heavy atom. The molecule has 0 heterocycles. The molecule has 7 nitrogen and oxygen atoms in total. The van der Waals surface area contributed by atoms with E-state index in [1.54, 1.807) is 0 Å². The summed E-state index contributed by atoms with van der Waals surface area (Å²) in [5.74, 6) is -2.36. The molecular formula is C26H28F2N2O5. The van der Waals surface area contributed by atoms with Crippen molar-refractivity contribution in [1.29, 1.82) is 0 Å². The van der Waals surface area contributed by atoms with Gasteiger partial charge in [-0.15, -0.1) is 0 Å². The highest BCUT2D eigenvalue weighted by Gasteiger charge is 2.32. The van der Waals surface area contributed by atoms with Crippen molar-refractivity contribution in [1.82, 2.24) is 10.6 Å². The van der Waals surface area contributed by atoms with Crippen LogP contribution in [0.5, 0.6) is 0 Å². The van der Waals surface area contributed by atoms with Crippen LogP contribution in [0.4, 0.5) is 13.6 Å². The molecule has 3 N–H and O–H groups in total. The van der Waals surface area contributed by atoms with Crippen molar-refractivity contribution in [2.45, 2.75) is 56.5 Å². The minimum Gasteiger partial charge on any atom is -0.481 e. The van der Waals surface area contributed by atoms with Gasteiger partial charge < -0.3 is 20.5 Å². The summed E-state index contributed by atoms with van der Waals surface area (Å²) in [5.41, 5.74) is 4.09. The lowest BCUT2D eigenvalue weighted by Crippen LogP contribution is -2.46. The van der Waals surface area contributed by atoms with Crippen LogP contribution in [0.1, 0.15) is 49.1 Å². The zero-order valence-corrected chi connectivity index (χ0v) is 19.1. The normalized spacial score (nSPS) is 20.0. The van der Waals surface area contributed by atoms with Crippen LogP contribution in [-0.2, 0) is 14.3 Å². The first-order chi connectivity index (χ1) is 16.8. The molecule has 186 valence electrons. The summed E-state index contributed by atoms with van der Waals surface area (Å²) in [6, 6.07) is 13.4. The number of halogens is 2.